The topological polar surface area (TPSA) is 15.3 Å². The molecule has 0 amide bonds. The van der Waals surface area contributed by atoms with Crippen LogP contribution in [0, 0.1) is 0 Å². The lowest BCUT2D eigenvalue weighted by Crippen LogP contribution is -2.61. The van der Waals surface area contributed by atoms with Gasteiger partial charge in [-0.15, -0.1) is 0 Å². The van der Waals surface area contributed by atoms with Gasteiger partial charge in [-0.2, -0.15) is 0 Å². The molecule has 1 N–H and O–H groups in total. The van der Waals surface area contributed by atoms with Gasteiger partial charge in [-0.25, -0.2) is 0 Å². The number of piperazine rings is 1. The van der Waals surface area contributed by atoms with E-state index in [1.807, 2.05) is 0 Å². The monoisotopic (exact) mass is 274 g/mol. The normalized spacial score (nSPS) is 22.0. The average Bonchev–Trinajstić information content (AvgIpc) is 2.45. The predicted octanol–water partition coefficient (Wildman–Crippen LogP) is 4.00. The Morgan fingerprint density at radius 3 is 2.50 bits per heavy atom. The van der Waals surface area contributed by atoms with Gasteiger partial charge in [0.2, 0.25) is 0 Å². The van der Waals surface area contributed by atoms with Crippen molar-refractivity contribution in [2.45, 2.75) is 65.0 Å². The first kappa shape index (κ1) is 15.4. The van der Waals surface area contributed by atoms with Crippen LogP contribution < -0.4 is 10.2 Å². The summed E-state index contributed by atoms with van der Waals surface area (Å²) in [5.74, 6) is 0. The molecule has 0 radical (unpaired) electrons. The highest BCUT2D eigenvalue weighted by molar-refractivity contribution is 5.50. The Labute approximate surface area is 124 Å². The van der Waals surface area contributed by atoms with E-state index in [1.165, 1.54) is 36.9 Å². The molecule has 1 saturated heterocycles. The van der Waals surface area contributed by atoms with E-state index in [1.54, 1.807) is 0 Å². The summed E-state index contributed by atoms with van der Waals surface area (Å²) in [7, 11) is 0. The maximum atomic E-state index is 3.66. The molecule has 1 aromatic rings. The molecule has 1 aromatic carbocycles. The fraction of sp³-hybridized carbons (Fsp3) is 0.667. The minimum atomic E-state index is 0.201. The van der Waals surface area contributed by atoms with Gasteiger partial charge in [0.05, 0.1) is 0 Å². The van der Waals surface area contributed by atoms with Gasteiger partial charge in [0, 0.05) is 30.4 Å². The van der Waals surface area contributed by atoms with Crippen molar-refractivity contribution < 1.29 is 0 Å². The molecular weight excluding hydrogens is 244 g/mol. The van der Waals surface area contributed by atoms with E-state index in [-0.39, 0.29) is 5.54 Å². The Hall–Kier alpha value is -1.02. The minimum absolute atomic E-state index is 0.201. The van der Waals surface area contributed by atoms with Crippen LogP contribution in [0.1, 0.15) is 52.5 Å². The Morgan fingerprint density at radius 1 is 1.20 bits per heavy atom. The largest absolute Gasteiger partial charge is 0.365 e. The molecule has 1 aliphatic rings. The number of anilines is 1. The molecule has 1 atom stereocenters. The number of hydrogen-bond donors (Lipinski definition) is 1. The van der Waals surface area contributed by atoms with Crippen LogP contribution in [0.4, 0.5) is 5.69 Å². The quantitative estimate of drug-likeness (QED) is 0.873. The molecule has 20 heavy (non-hydrogen) atoms. The van der Waals surface area contributed by atoms with Crippen LogP contribution in [0.15, 0.2) is 24.3 Å². The molecule has 0 aromatic heterocycles. The fourth-order valence-corrected chi connectivity index (χ4v) is 3.02. The minimum Gasteiger partial charge on any atom is -0.365 e. The molecule has 0 aliphatic carbocycles. The standard InChI is InChI=1S/C18H30N2/c1-5-7-8-15-9-11-17(12-10-15)20-14-18(3,4)19-13-16(20)6-2/h9-12,16,19H,5-8,13-14H2,1-4H3. The predicted molar refractivity (Wildman–Crippen MR) is 88.6 cm³/mol. The zero-order chi connectivity index (χ0) is 14.6. The zero-order valence-corrected chi connectivity index (χ0v) is 13.6. The molecule has 2 heteroatoms. The molecule has 0 spiro atoms. The third kappa shape index (κ3) is 3.76. The van der Waals surface area contributed by atoms with E-state index in [0.717, 1.165) is 13.1 Å². The van der Waals surface area contributed by atoms with Crippen molar-refractivity contribution in [2.75, 3.05) is 18.0 Å². The van der Waals surface area contributed by atoms with Gasteiger partial charge in [0.1, 0.15) is 0 Å². The number of nitrogens with one attached hydrogen (secondary N) is 1. The number of aryl methyl sites for hydroxylation is 1. The summed E-state index contributed by atoms with van der Waals surface area (Å²) in [6, 6.07) is 9.87. The number of unbranched alkanes of at least 4 members (excludes halogenated alkanes) is 1. The SMILES string of the molecule is CCCCc1ccc(N2CC(C)(C)NCC2CC)cc1. The molecular formula is C18H30N2. The summed E-state index contributed by atoms with van der Waals surface area (Å²) in [5.41, 5.74) is 3.05. The highest BCUT2D eigenvalue weighted by Gasteiger charge is 2.31. The molecule has 1 unspecified atom stereocenters. The van der Waals surface area contributed by atoms with Crippen molar-refractivity contribution in [2.24, 2.45) is 0 Å². The first-order valence-corrected chi connectivity index (χ1v) is 8.16. The van der Waals surface area contributed by atoms with Crippen LogP contribution in [-0.4, -0.2) is 24.7 Å². The lowest BCUT2D eigenvalue weighted by molar-refractivity contribution is 0.306. The maximum absolute atomic E-state index is 3.66. The summed E-state index contributed by atoms with van der Waals surface area (Å²) in [6.45, 7) is 11.3. The van der Waals surface area contributed by atoms with Crippen LogP contribution in [0.2, 0.25) is 0 Å². The van der Waals surface area contributed by atoms with E-state index >= 15 is 0 Å². The zero-order valence-electron chi connectivity index (χ0n) is 13.6. The van der Waals surface area contributed by atoms with Crippen LogP contribution in [-0.2, 0) is 6.42 Å². The van der Waals surface area contributed by atoms with Crippen molar-refractivity contribution in [3.63, 3.8) is 0 Å². The first-order chi connectivity index (χ1) is 9.55. The number of rotatable bonds is 5. The van der Waals surface area contributed by atoms with Crippen molar-refractivity contribution in [3.8, 4) is 0 Å². The van der Waals surface area contributed by atoms with Gasteiger partial charge < -0.3 is 10.2 Å². The van der Waals surface area contributed by atoms with Crippen LogP contribution in [0.25, 0.3) is 0 Å². The lowest BCUT2D eigenvalue weighted by Gasteiger charge is -2.45. The second kappa shape index (κ2) is 6.62. The molecule has 1 heterocycles. The number of hydrogen-bond acceptors (Lipinski definition) is 2. The van der Waals surface area contributed by atoms with E-state index in [9.17, 15) is 0 Å². The Morgan fingerprint density at radius 2 is 1.90 bits per heavy atom. The Bertz CT molecular complexity index is 408. The number of benzene rings is 1. The van der Waals surface area contributed by atoms with Crippen LogP contribution in [0.5, 0.6) is 0 Å². The molecule has 1 fully saturated rings. The highest BCUT2D eigenvalue weighted by Crippen LogP contribution is 2.25. The van der Waals surface area contributed by atoms with Crippen LogP contribution in [0.3, 0.4) is 0 Å². The summed E-state index contributed by atoms with van der Waals surface area (Å²) in [4.78, 5) is 2.58. The van der Waals surface area contributed by atoms with Gasteiger partial charge in [-0.05, 0) is 50.8 Å². The Kier molecular flexibility index (Phi) is 5.09. The smallest absolute Gasteiger partial charge is 0.0412 e. The molecule has 2 rings (SSSR count). The summed E-state index contributed by atoms with van der Waals surface area (Å²) in [6.07, 6.45) is 4.96. The second-order valence-electron chi connectivity index (χ2n) is 6.72. The van der Waals surface area contributed by atoms with Gasteiger partial charge in [-0.1, -0.05) is 32.4 Å². The molecule has 0 saturated carbocycles. The van der Waals surface area contributed by atoms with E-state index < -0.39 is 0 Å². The summed E-state index contributed by atoms with van der Waals surface area (Å²) < 4.78 is 0. The number of nitrogens with zero attached hydrogens (tertiary/aromatic N) is 1. The summed E-state index contributed by atoms with van der Waals surface area (Å²) in [5, 5.41) is 3.66. The third-order valence-corrected chi connectivity index (χ3v) is 4.38. The molecule has 1 aliphatic heterocycles. The average molecular weight is 274 g/mol. The second-order valence-corrected chi connectivity index (χ2v) is 6.72. The van der Waals surface area contributed by atoms with E-state index in [4.69, 9.17) is 0 Å². The van der Waals surface area contributed by atoms with Crippen molar-refractivity contribution >= 4 is 5.69 Å². The molecule has 0 bridgehead atoms. The van der Waals surface area contributed by atoms with Gasteiger partial charge in [0.15, 0.2) is 0 Å². The van der Waals surface area contributed by atoms with Crippen molar-refractivity contribution in [1.82, 2.24) is 5.32 Å². The molecule has 2 nitrogen and oxygen atoms in total. The third-order valence-electron chi connectivity index (χ3n) is 4.38. The van der Waals surface area contributed by atoms with E-state index in [0.29, 0.717) is 6.04 Å². The summed E-state index contributed by atoms with van der Waals surface area (Å²) >= 11 is 0. The fourth-order valence-electron chi connectivity index (χ4n) is 3.02. The van der Waals surface area contributed by atoms with Crippen molar-refractivity contribution in [1.29, 1.82) is 0 Å². The van der Waals surface area contributed by atoms with Gasteiger partial charge in [0.25, 0.3) is 0 Å². The van der Waals surface area contributed by atoms with Gasteiger partial charge in [-0.3, -0.25) is 0 Å². The maximum Gasteiger partial charge on any atom is 0.0412 e. The first-order valence-electron chi connectivity index (χ1n) is 8.16. The lowest BCUT2D eigenvalue weighted by atomic mass is 9.96. The van der Waals surface area contributed by atoms with Gasteiger partial charge >= 0.3 is 0 Å². The van der Waals surface area contributed by atoms with Crippen LogP contribution >= 0.6 is 0 Å². The highest BCUT2D eigenvalue weighted by atomic mass is 15.2. The van der Waals surface area contributed by atoms with E-state index in [2.05, 4.69) is 62.2 Å². The molecule has 112 valence electrons. The Balaban J connectivity index is 2.11. The van der Waals surface area contributed by atoms with Crippen molar-refractivity contribution in [3.05, 3.63) is 29.8 Å².